The van der Waals surface area contributed by atoms with Gasteiger partial charge in [-0.1, -0.05) is 25.6 Å². The summed E-state index contributed by atoms with van der Waals surface area (Å²) in [6.07, 6.45) is 1.90. The molecule has 1 rings (SSSR count). The van der Waals surface area contributed by atoms with Gasteiger partial charge in [-0.2, -0.15) is 0 Å². The van der Waals surface area contributed by atoms with Gasteiger partial charge in [-0.15, -0.1) is 10.2 Å². The number of aromatic nitrogens is 3. The predicted molar refractivity (Wildman–Crippen MR) is 68.7 cm³/mol. The maximum atomic E-state index is 11.6. The Labute approximate surface area is 105 Å². The van der Waals surface area contributed by atoms with E-state index in [0.717, 1.165) is 12.8 Å². The van der Waals surface area contributed by atoms with Crippen LogP contribution in [0.5, 0.6) is 0 Å². The summed E-state index contributed by atoms with van der Waals surface area (Å²) < 4.78 is 1.66. The van der Waals surface area contributed by atoms with E-state index in [0.29, 0.717) is 16.9 Å². The first-order valence-electron chi connectivity index (χ1n) is 5.65. The van der Waals surface area contributed by atoms with Gasteiger partial charge in [-0.3, -0.25) is 9.36 Å². The van der Waals surface area contributed by atoms with Crippen LogP contribution >= 0.6 is 11.8 Å². The lowest BCUT2D eigenvalue weighted by atomic mass is 10.2. The Morgan fingerprint density at radius 3 is 2.59 bits per heavy atom. The van der Waals surface area contributed by atoms with Crippen molar-refractivity contribution in [2.45, 2.75) is 37.9 Å². The second-order valence-electron chi connectivity index (χ2n) is 3.77. The number of amides is 1. The highest BCUT2D eigenvalue weighted by Gasteiger charge is 2.11. The molecular weight excluding hydrogens is 238 g/mol. The number of carbonyl (C=O) groups excluding carboxylic acids is 1. The molecule has 1 aromatic rings. The van der Waals surface area contributed by atoms with Gasteiger partial charge >= 0.3 is 0 Å². The van der Waals surface area contributed by atoms with Crippen molar-refractivity contribution in [3.05, 3.63) is 0 Å². The number of thioether (sulfide) groups is 1. The average Bonchev–Trinajstić information content (AvgIpc) is 2.64. The summed E-state index contributed by atoms with van der Waals surface area (Å²) in [4.78, 5) is 11.6. The largest absolute Gasteiger partial charge is 0.368 e. The minimum atomic E-state index is 0.0188. The third-order valence-corrected chi connectivity index (χ3v) is 3.57. The number of carbonyl (C=O) groups is 1. The lowest BCUT2D eigenvalue weighted by Gasteiger charge is -2.14. The van der Waals surface area contributed by atoms with Crippen LogP contribution in [0.2, 0.25) is 0 Å². The molecule has 0 aromatic carbocycles. The number of hydrogen-bond donors (Lipinski definition) is 2. The first kappa shape index (κ1) is 13.8. The highest BCUT2D eigenvalue weighted by molar-refractivity contribution is 7.99. The van der Waals surface area contributed by atoms with Crippen molar-refractivity contribution in [1.29, 1.82) is 0 Å². The fourth-order valence-corrected chi connectivity index (χ4v) is 2.07. The zero-order valence-corrected chi connectivity index (χ0v) is 11.3. The molecular formula is C10H19N5OS. The summed E-state index contributed by atoms with van der Waals surface area (Å²) in [5.41, 5.74) is 5.55. The number of nitrogens with two attached hydrogens (primary N) is 1. The third-order valence-electron chi connectivity index (χ3n) is 2.55. The molecule has 0 aliphatic heterocycles. The van der Waals surface area contributed by atoms with Gasteiger partial charge in [0.15, 0.2) is 5.16 Å². The maximum absolute atomic E-state index is 11.6. The molecule has 0 fully saturated rings. The maximum Gasteiger partial charge on any atom is 0.230 e. The number of nitrogens with one attached hydrogen (secondary N) is 1. The Bertz CT molecular complexity index is 375. The topological polar surface area (TPSA) is 85.8 Å². The van der Waals surface area contributed by atoms with Crippen LogP contribution in [0, 0.1) is 0 Å². The van der Waals surface area contributed by atoms with E-state index in [1.165, 1.54) is 11.8 Å². The van der Waals surface area contributed by atoms with Gasteiger partial charge in [0.05, 0.1) is 5.75 Å². The number of hydrogen-bond acceptors (Lipinski definition) is 5. The average molecular weight is 257 g/mol. The van der Waals surface area contributed by atoms with Crippen LogP contribution in [0.4, 0.5) is 5.95 Å². The summed E-state index contributed by atoms with van der Waals surface area (Å²) >= 11 is 1.34. The Morgan fingerprint density at radius 1 is 1.47 bits per heavy atom. The molecule has 0 atom stereocenters. The lowest BCUT2D eigenvalue weighted by molar-refractivity contribution is -0.119. The Morgan fingerprint density at radius 2 is 2.12 bits per heavy atom. The van der Waals surface area contributed by atoms with Crippen molar-refractivity contribution < 1.29 is 4.79 Å². The van der Waals surface area contributed by atoms with Gasteiger partial charge in [-0.05, 0) is 12.8 Å². The molecule has 1 aromatic heterocycles. The van der Waals surface area contributed by atoms with Crippen LogP contribution in [-0.4, -0.2) is 32.5 Å². The summed E-state index contributed by atoms with van der Waals surface area (Å²) in [5.74, 6) is 0.709. The van der Waals surface area contributed by atoms with Gasteiger partial charge in [-0.25, -0.2) is 0 Å². The van der Waals surface area contributed by atoms with Crippen molar-refractivity contribution in [3.8, 4) is 0 Å². The second kappa shape index (κ2) is 6.48. The monoisotopic (exact) mass is 257 g/mol. The van der Waals surface area contributed by atoms with Crippen LogP contribution in [-0.2, 0) is 11.8 Å². The molecule has 0 spiro atoms. The lowest BCUT2D eigenvalue weighted by Crippen LogP contribution is -2.35. The van der Waals surface area contributed by atoms with Crippen LogP contribution in [0.25, 0.3) is 0 Å². The van der Waals surface area contributed by atoms with Crippen molar-refractivity contribution in [2.75, 3.05) is 11.5 Å². The van der Waals surface area contributed by atoms with E-state index in [1.807, 2.05) is 0 Å². The Kier molecular flexibility index (Phi) is 5.27. The van der Waals surface area contributed by atoms with Crippen molar-refractivity contribution in [2.24, 2.45) is 7.05 Å². The molecule has 0 aliphatic carbocycles. The normalized spacial score (nSPS) is 10.8. The highest BCUT2D eigenvalue weighted by Crippen LogP contribution is 2.15. The zero-order chi connectivity index (χ0) is 12.8. The number of nitrogens with zero attached hydrogens (tertiary/aromatic N) is 3. The first-order chi connectivity index (χ1) is 8.08. The number of anilines is 1. The summed E-state index contributed by atoms with van der Waals surface area (Å²) in [5, 5.41) is 11.2. The molecule has 6 nitrogen and oxygen atoms in total. The second-order valence-corrected chi connectivity index (χ2v) is 4.71. The van der Waals surface area contributed by atoms with Gasteiger partial charge < -0.3 is 11.1 Å². The SMILES string of the molecule is CCC(CC)NC(=O)CSc1nnc(N)n1C. The smallest absolute Gasteiger partial charge is 0.230 e. The van der Waals surface area contributed by atoms with Gasteiger partial charge in [0.1, 0.15) is 0 Å². The minimum absolute atomic E-state index is 0.0188. The van der Waals surface area contributed by atoms with Crippen molar-refractivity contribution >= 4 is 23.6 Å². The van der Waals surface area contributed by atoms with Crippen LogP contribution in [0.15, 0.2) is 5.16 Å². The van der Waals surface area contributed by atoms with E-state index in [-0.39, 0.29) is 11.9 Å². The quantitative estimate of drug-likeness (QED) is 0.736. The van der Waals surface area contributed by atoms with E-state index >= 15 is 0 Å². The Hall–Kier alpha value is -1.24. The molecule has 7 heteroatoms. The molecule has 0 bridgehead atoms. The molecule has 0 unspecified atom stereocenters. The summed E-state index contributed by atoms with van der Waals surface area (Å²) in [6, 6.07) is 0.257. The third kappa shape index (κ3) is 3.92. The van der Waals surface area contributed by atoms with E-state index in [9.17, 15) is 4.79 Å². The minimum Gasteiger partial charge on any atom is -0.368 e. The van der Waals surface area contributed by atoms with E-state index in [2.05, 4.69) is 29.4 Å². The first-order valence-corrected chi connectivity index (χ1v) is 6.64. The standard InChI is InChI=1S/C10H19N5OS/c1-4-7(5-2)12-8(16)6-17-10-14-13-9(11)15(10)3/h7H,4-6H2,1-3H3,(H2,11,13)(H,12,16). The molecule has 3 N–H and O–H groups in total. The molecule has 0 aliphatic rings. The van der Waals surface area contributed by atoms with E-state index in [4.69, 9.17) is 5.73 Å². The van der Waals surface area contributed by atoms with Crippen molar-refractivity contribution in [3.63, 3.8) is 0 Å². The van der Waals surface area contributed by atoms with Gasteiger partial charge in [0.25, 0.3) is 0 Å². The van der Waals surface area contributed by atoms with E-state index in [1.54, 1.807) is 11.6 Å². The number of nitrogen functional groups attached to an aromatic ring is 1. The van der Waals surface area contributed by atoms with Gasteiger partial charge in [0.2, 0.25) is 11.9 Å². The fraction of sp³-hybridized carbons (Fsp3) is 0.700. The van der Waals surface area contributed by atoms with Crippen LogP contribution < -0.4 is 11.1 Å². The molecule has 1 amide bonds. The fourth-order valence-electron chi connectivity index (χ4n) is 1.34. The van der Waals surface area contributed by atoms with E-state index < -0.39 is 0 Å². The Balaban J connectivity index is 2.40. The number of rotatable bonds is 6. The zero-order valence-electron chi connectivity index (χ0n) is 10.4. The summed E-state index contributed by atoms with van der Waals surface area (Å²) in [7, 11) is 1.77. The van der Waals surface area contributed by atoms with Crippen LogP contribution in [0.1, 0.15) is 26.7 Å². The molecule has 0 saturated carbocycles. The molecule has 1 heterocycles. The molecule has 17 heavy (non-hydrogen) atoms. The molecule has 0 saturated heterocycles. The summed E-state index contributed by atoms with van der Waals surface area (Å²) in [6.45, 7) is 4.12. The van der Waals surface area contributed by atoms with Gasteiger partial charge in [0, 0.05) is 13.1 Å². The molecule has 0 radical (unpaired) electrons. The molecule has 96 valence electrons. The van der Waals surface area contributed by atoms with Crippen molar-refractivity contribution in [1.82, 2.24) is 20.1 Å². The predicted octanol–water partition coefficient (Wildman–Crippen LogP) is 0.794. The highest BCUT2D eigenvalue weighted by atomic mass is 32.2. The van der Waals surface area contributed by atoms with Crippen LogP contribution in [0.3, 0.4) is 0 Å².